The van der Waals surface area contributed by atoms with Gasteiger partial charge in [0.05, 0.1) is 11.3 Å². The van der Waals surface area contributed by atoms with E-state index in [9.17, 15) is 9.59 Å². The monoisotopic (exact) mass is 444 g/mol. The van der Waals surface area contributed by atoms with Gasteiger partial charge in [-0.1, -0.05) is 53.6 Å². The Balaban J connectivity index is 1.91. The van der Waals surface area contributed by atoms with Crippen LogP contribution in [0.4, 0.5) is 11.4 Å². The van der Waals surface area contributed by atoms with Gasteiger partial charge in [0, 0.05) is 10.7 Å². The summed E-state index contributed by atoms with van der Waals surface area (Å²) in [6, 6.07) is 17.1. The fraction of sp³-hybridized carbons (Fsp3) is 0.185. The van der Waals surface area contributed by atoms with Crippen molar-refractivity contribution in [2.45, 2.75) is 34.6 Å². The third-order valence-corrected chi connectivity index (χ3v) is 6.04. The lowest BCUT2D eigenvalue weighted by molar-refractivity contribution is -0.120. The van der Waals surface area contributed by atoms with Crippen LogP contribution in [-0.2, 0) is 9.59 Å². The van der Waals surface area contributed by atoms with Gasteiger partial charge in [-0.2, -0.15) is 0 Å². The molecule has 3 aromatic rings. The first-order valence-corrected chi connectivity index (χ1v) is 10.9. The van der Waals surface area contributed by atoms with E-state index in [2.05, 4.69) is 5.32 Å². The average Bonchev–Trinajstić information content (AvgIpc) is 2.96. The predicted octanol–water partition coefficient (Wildman–Crippen LogP) is 6.28. The van der Waals surface area contributed by atoms with Crippen LogP contribution in [0, 0.1) is 34.6 Å². The molecular formula is C27H25ClN2O2. The van der Waals surface area contributed by atoms with Crippen molar-refractivity contribution in [3.05, 3.63) is 98.7 Å². The summed E-state index contributed by atoms with van der Waals surface area (Å²) in [6.07, 6.45) is 0. The van der Waals surface area contributed by atoms with Crippen molar-refractivity contribution in [1.82, 2.24) is 0 Å². The van der Waals surface area contributed by atoms with E-state index in [0.29, 0.717) is 22.0 Å². The second kappa shape index (κ2) is 8.29. The van der Waals surface area contributed by atoms with Gasteiger partial charge in [-0.3, -0.25) is 9.59 Å². The molecular weight excluding hydrogens is 420 g/mol. The van der Waals surface area contributed by atoms with E-state index in [1.54, 1.807) is 12.1 Å². The molecule has 1 heterocycles. The molecule has 32 heavy (non-hydrogen) atoms. The van der Waals surface area contributed by atoms with Crippen molar-refractivity contribution >= 4 is 40.4 Å². The molecule has 2 amide bonds. The Hall–Kier alpha value is -3.37. The molecule has 0 bridgehead atoms. The lowest BCUT2D eigenvalue weighted by atomic mass is 9.97. The van der Waals surface area contributed by atoms with Crippen LogP contribution >= 0.6 is 11.6 Å². The fourth-order valence-corrected chi connectivity index (χ4v) is 4.20. The predicted molar refractivity (Wildman–Crippen MR) is 131 cm³/mol. The van der Waals surface area contributed by atoms with Crippen molar-refractivity contribution in [3.63, 3.8) is 0 Å². The van der Waals surface area contributed by atoms with Crippen molar-refractivity contribution in [1.29, 1.82) is 0 Å². The van der Waals surface area contributed by atoms with E-state index >= 15 is 0 Å². The fourth-order valence-electron chi connectivity index (χ4n) is 4.03. The summed E-state index contributed by atoms with van der Waals surface area (Å²) < 4.78 is 0. The van der Waals surface area contributed by atoms with Gasteiger partial charge in [-0.15, -0.1) is 0 Å². The number of hydrogen-bond acceptors (Lipinski definition) is 3. The molecule has 0 saturated carbocycles. The Kier molecular flexibility index (Phi) is 5.66. The third-order valence-electron chi connectivity index (χ3n) is 5.80. The maximum atomic E-state index is 13.8. The molecule has 0 aliphatic carbocycles. The highest BCUT2D eigenvalue weighted by Crippen LogP contribution is 2.37. The number of nitrogens with one attached hydrogen (secondary N) is 1. The summed E-state index contributed by atoms with van der Waals surface area (Å²) >= 11 is 6.21. The Bertz CT molecular complexity index is 1310. The molecule has 3 aromatic carbocycles. The third kappa shape index (κ3) is 3.82. The van der Waals surface area contributed by atoms with Gasteiger partial charge in [-0.05, 0) is 80.6 Å². The molecule has 0 spiro atoms. The molecule has 162 valence electrons. The number of anilines is 2. The van der Waals surface area contributed by atoms with Gasteiger partial charge in [0.25, 0.3) is 11.8 Å². The number of halogens is 1. The van der Waals surface area contributed by atoms with E-state index in [0.717, 1.165) is 33.4 Å². The van der Waals surface area contributed by atoms with E-state index in [-0.39, 0.29) is 17.5 Å². The molecule has 1 aliphatic rings. The zero-order valence-corrected chi connectivity index (χ0v) is 19.6. The van der Waals surface area contributed by atoms with E-state index < -0.39 is 0 Å². The second-order valence-electron chi connectivity index (χ2n) is 8.39. The first kappa shape index (κ1) is 21.8. The summed E-state index contributed by atoms with van der Waals surface area (Å²) in [4.78, 5) is 28.7. The number of rotatable bonds is 4. The lowest BCUT2D eigenvalue weighted by Crippen LogP contribution is -2.33. The molecule has 0 saturated heterocycles. The molecule has 0 radical (unpaired) electrons. The summed E-state index contributed by atoms with van der Waals surface area (Å²) in [5, 5.41) is 3.79. The van der Waals surface area contributed by atoms with Crippen LogP contribution in [0.1, 0.15) is 33.4 Å². The second-order valence-corrected chi connectivity index (χ2v) is 8.82. The number of carbonyl (C=O) groups is 2. The van der Waals surface area contributed by atoms with Crippen LogP contribution in [0.5, 0.6) is 0 Å². The average molecular weight is 445 g/mol. The zero-order chi connectivity index (χ0) is 23.2. The maximum Gasteiger partial charge on any atom is 0.282 e. The van der Waals surface area contributed by atoms with Crippen LogP contribution in [0.3, 0.4) is 0 Å². The summed E-state index contributed by atoms with van der Waals surface area (Å²) in [7, 11) is 0. The Morgan fingerprint density at radius 3 is 2.09 bits per heavy atom. The minimum absolute atomic E-state index is 0.258. The number of aryl methyl sites for hydroxylation is 5. The number of imide groups is 1. The quantitative estimate of drug-likeness (QED) is 0.482. The largest absolute Gasteiger partial charge is 0.350 e. The highest BCUT2D eigenvalue weighted by molar-refractivity contribution is 6.46. The van der Waals surface area contributed by atoms with Gasteiger partial charge in [0.15, 0.2) is 0 Å². The normalized spacial score (nSPS) is 13.9. The minimum Gasteiger partial charge on any atom is -0.350 e. The number of carbonyl (C=O) groups excluding carboxylic acids is 2. The minimum atomic E-state index is -0.377. The molecule has 1 aliphatic heterocycles. The van der Waals surface area contributed by atoms with Gasteiger partial charge in [0.2, 0.25) is 0 Å². The zero-order valence-electron chi connectivity index (χ0n) is 18.8. The standard InChI is InChI=1S/C27H25ClN2O2/c1-15-7-11-21(19(5)12-15)24-25(29-22-14-20(28)10-9-17(22)3)27(32)30(26(24)31)23-13-16(2)6-8-18(23)4/h6-14,29H,1-5H3. The highest BCUT2D eigenvalue weighted by atomic mass is 35.5. The Morgan fingerprint density at radius 2 is 1.38 bits per heavy atom. The number of benzene rings is 3. The molecule has 0 fully saturated rings. The molecule has 4 rings (SSSR count). The van der Waals surface area contributed by atoms with Gasteiger partial charge >= 0.3 is 0 Å². The van der Waals surface area contributed by atoms with E-state index in [4.69, 9.17) is 11.6 Å². The molecule has 5 heteroatoms. The lowest BCUT2D eigenvalue weighted by Gasteiger charge is -2.19. The van der Waals surface area contributed by atoms with E-state index in [1.165, 1.54) is 4.90 Å². The van der Waals surface area contributed by atoms with Gasteiger partial charge in [0.1, 0.15) is 5.70 Å². The van der Waals surface area contributed by atoms with Gasteiger partial charge < -0.3 is 5.32 Å². The summed E-state index contributed by atoms with van der Waals surface area (Å²) in [5.41, 5.74) is 7.45. The number of nitrogens with zero attached hydrogens (tertiary/aromatic N) is 1. The molecule has 0 atom stereocenters. The van der Waals surface area contributed by atoms with Crippen molar-refractivity contribution < 1.29 is 9.59 Å². The Labute approximate surface area is 193 Å². The summed E-state index contributed by atoms with van der Waals surface area (Å²) in [5.74, 6) is -0.712. The van der Waals surface area contributed by atoms with Gasteiger partial charge in [-0.25, -0.2) is 4.90 Å². The highest BCUT2D eigenvalue weighted by Gasteiger charge is 2.41. The van der Waals surface area contributed by atoms with Crippen molar-refractivity contribution in [2.24, 2.45) is 0 Å². The van der Waals surface area contributed by atoms with Crippen molar-refractivity contribution in [3.8, 4) is 0 Å². The first-order chi connectivity index (χ1) is 15.2. The topological polar surface area (TPSA) is 49.4 Å². The van der Waals surface area contributed by atoms with Crippen LogP contribution in [-0.4, -0.2) is 11.8 Å². The molecule has 4 nitrogen and oxygen atoms in total. The number of hydrogen-bond donors (Lipinski definition) is 1. The van der Waals surface area contributed by atoms with Crippen LogP contribution in [0.15, 0.2) is 60.3 Å². The maximum absolute atomic E-state index is 13.8. The first-order valence-electron chi connectivity index (χ1n) is 10.5. The van der Waals surface area contributed by atoms with Crippen LogP contribution in [0.2, 0.25) is 5.02 Å². The van der Waals surface area contributed by atoms with Crippen LogP contribution in [0.25, 0.3) is 5.57 Å². The molecule has 0 aromatic heterocycles. The van der Waals surface area contributed by atoms with E-state index in [1.807, 2.05) is 77.1 Å². The SMILES string of the molecule is Cc1ccc(C2=C(Nc3cc(Cl)ccc3C)C(=O)N(c3cc(C)ccc3C)C2=O)c(C)c1. The van der Waals surface area contributed by atoms with Crippen LogP contribution < -0.4 is 10.2 Å². The molecule has 0 unspecified atom stereocenters. The smallest absolute Gasteiger partial charge is 0.282 e. The summed E-state index contributed by atoms with van der Waals surface area (Å²) in [6.45, 7) is 9.74. The Morgan fingerprint density at radius 1 is 0.719 bits per heavy atom. The molecule has 1 N–H and O–H groups in total. The van der Waals surface area contributed by atoms with Crippen molar-refractivity contribution in [2.75, 3.05) is 10.2 Å². The number of amides is 2.